The molecule has 0 bridgehead atoms. The fourth-order valence-corrected chi connectivity index (χ4v) is 4.02. The zero-order valence-electron chi connectivity index (χ0n) is 15.7. The molecule has 2 aromatic heterocycles. The average molecular weight is 427 g/mol. The minimum atomic E-state index is -1.85. The fraction of sp³-hybridized carbons (Fsp3) is 0.263. The van der Waals surface area contributed by atoms with Gasteiger partial charge in [-0.15, -0.1) is 0 Å². The van der Waals surface area contributed by atoms with E-state index in [1.54, 1.807) is 13.0 Å². The summed E-state index contributed by atoms with van der Waals surface area (Å²) in [7, 11) is -1.85. The third kappa shape index (κ3) is 3.54. The first-order valence-corrected chi connectivity index (χ1v) is 12.5. The molecule has 0 fully saturated rings. The van der Waals surface area contributed by atoms with Gasteiger partial charge in [-0.25, -0.2) is 13.2 Å². The Morgan fingerprint density at radius 2 is 1.71 bits per heavy atom. The molecule has 0 aliphatic heterocycles. The molecule has 0 N–H and O–H groups in total. The lowest BCUT2D eigenvalue weighted by atomic mass is 10.0. The van der Waals surface area contributed by atoms with E-state index in [2.05, 4.69) is 24.8 Å². The van der Waals surface area contributed by atoms with Crippen LogP contribution in [0.15, 0.2) is 33.6 Å². The molecule has 3 rings (SSSR count). The first-order chi connectivity index (χ1) is 13.0. The van der Waals surface area contributed by atoms with E-state index in [9.17, 15) is 18.0 Å². The summed E-state index contributed by atoms with van der Waals surface area (Å²) < 4.78 is 49.1. The second kappa shape index (κ2) is 7.25. The molecule has 0 spiro atoms. The van der Waals surface area contributed by atoms with Crippen LogP contribution in [0.2, 0.25) is 24.7 Å². The summed E-state index contributed by atoms with van der Waals surface area (Å²) in [4.78, 5) is 12.5. The molecule has 148 valence electrons. The van der Waals surface area contributed by atoms with Gasteiger partial charge in [0.15, 0.2) is 0 Å². The molecule has 3 aromatic rings. The van der Waals surface area contributed by atoms with Crippen molar-refractivity contribution in [1.29, 1.82) is 0 Å². The van der Waals surface area contributed by atoms with Crippen molar-refractivity contribution >= 4 is 25.1 Å². The maximum absolute atomic E-state index is 14.6. The van der Waals surface area contributed by atoms with E-state index in [4.69, 9.17) is 16.1 Å². The monoisotopic (exact) mass is 426 g/mol. The van der Waals surface area contributed by atoms with E-state index in [0.717, 1.165) is 4.57 Å². The van der Waals surface area contributed by atoms with Crippen LogP contribution in [0.25, 0.3) is 22.5 Å². The van der Waals surface area contributed by atoms with Crippen molar-refractivity contribution in [2.45, 2.75) is 33.1 Å². The van der Waals surface area contributed by atoms with Crippen LogP contribution in [0.1, 0.15) is 6.92 Å². The minimum Gasteiger partial charge on any atom is -0.366 e. The number of pyridine rings is 1. The molecule has 0 amide bonds. The van der Waals surface area contributed by atoms with E-state index in [0.29, 0.717) is 23.2 Å². The van der Waals surface area contributed by atoms with Gasteiger partial charge in [-0.1, -0.05) is 36.4 Å². The Hall–Kier alpha value is -2.32. The molecule has 0 saturated heterocycles. The van der Waals surface area contributed by atoms with Crippen LogP contribution in [-0.2, 0) is 6.54 Å². The molecular weight excluding hydrogens is 409 g/mol. The predicted octanol–water partition coefficient (Wildman–Crippen LogP) is 4.81. The molecule has 0 unspecified atom stereocenters. The van der Waals surface area contributed by atoms with Gasteiger partial charge in [-0.2, -0.15) is 0 Å². The zero-order chi connectivity index (χ0) is 20.8. The van der Waals surface area contributed by atoms with Gasteiger partial charge in [-0.05, 0) is 13.0 Å². The molecule has 0 aliphatic carbocycles. The van der Waals surface area contributed by atoms with Gasteiger partial charge in [0.05, 0.1) is 11.3 Å². The summed E-state index contributed by atoms with van der Waals surface area (Å²) in [5, 5.41) is 4.58. The number of benzene rings is 1. The molecule has 0 radical (unpaired) electrons. The predicted molar refractivity (Wildman–Crippen MR) is 105 cm³/mol. The Balaban J connectivity index is 2.41. The van der Waals surface area contributed by atoms with Crippen molar-refractivity contribution in [3.63, 3.8) is 0 Å². The van der Waals surface area contributed by atoms with Crippen molar-refractivity contribution in [3.8, 4) is 22.5 Å². The smallest absolute Gasteiger partial charge is 0.269 e. The number of nitrogens with zero attached hydrogens (tertiary/aromatic N) is 2. The first kappa shape index (κ1) is 20.4. The van der Waals surface area contributed by atoms with Gasteiger partial charge in [0.25, 0.3) is 5.56 Å². The van der Waals surface area contributed by atoms with Crippen molar-refractivity contribution in [1.82, 2.24) is 9.72 Å². The molecule has 9 heteroatoms. The van der Waals surface area contributed by atoms with Crippen LogP contribution >= 0.6 is 11.6 Å². The van der Waals surface area contributed by atoms with E-state index in [1.165, 1.54) is 6.07 Å². The van der Waals surface area contributed by atoms with Gasteiger partial charge in [-0.3, -0.25) is 4.79 Å². The van der Waals surface area contributed by atoms with Crippen molar-refractivity contribution in [3.05, 3.63) is 57.1 Å². The molecule has 0 saturated carbocycles. The molecule has 0 aliphatic rings. The number of halogens is 4. The van der Waals surface area contributed by atoms with Crippen LogP contribution in [0.5, 0.6) is 0 Å². The van der Waals surface area contributed by atoms with E-state index >= 15 is 0 Å². The minimum absolute atomic E-state index is 0.0673. The van der Waals surface area contributed by atoms with Crippen LogP contribution in [0.3, 0.4) is 0 Å². The van der Waals surface area contributed by atoms with Crippen molar-refractivity contribution < 1.29 is 17.7 Å². The first-order valence-electron chi connectivity index (χ1n) is 8.60. The Kier molecular flexibility index (Phi) is 5.29. The third-order valence-electron chi connectivity index (χ3n) is 4.33. The van der Waals surface area contributed by atoms with Crippen molar-refractivity contribution in [2.75, 3.05) is 0 Å². The third-order valence-corrected chi connectivity index (χ3v) is 6.32. The van der Waals surface area contributed by atoms with Crippen molar-refractivity contribution in [2.24, 2.45) is 0 Å². The van der Waals surface area contributed by atoms with Gasteiger partial charge in [0, 0.05) is 30.3 Å². The Labute approximate surface area is 165 Å². The SMILES string of the molecule is CCn1c(-c2c(F)cc(F)cc2F)c(-c2cc([Si](C)(C)C)on2)cc(Cl)c1=O. The highest BCUT2D eigenvalue weighted by Gasteiger charge is 2.27. The second-order valence-electron chi connectivity index (χ2n) is 7.37. The lowest BCUT2D eigenvalue weighted by Crippen LogP contribution is -2.36. The Bertz CT molecular complexity index is 1100. The number of hydrogen-bond donors (Lipinski definition) is 0. The van der Waals surface area contributed by atoms with E-state index in [1.807, 2.05) is 0 Å². The average Bonchev–Trinajstić information content (AvgIpc) is 3.07. The van der Waals surface area contributed by atoms with E-state index in [-0.39, 0.29) is 22.8 Å². The zero-order valence-corrected chi connectivity index (χ0v) is 17.5. The molecule has 2 heterocycles. The fourth-order valence-electron chi connectivity index (χ4n) is 2.92. The highest BCUT2D eigenvalue weighted by molar-refractivity contribution is 6.87. The Morgan fingerprint density at radius 3 is 2.21 bits per heavy atom. The number of rotatable bonds is 4. The number of aromatic nitrogens is 2. The second-order valence-corrected chi connectivity index (χ2v) is 12.8. The largest absolute Gasteiger partial charge is 0.366 e. The number of hydrogen-bond acceptors (Lipinski definition) is 3. The molecule has 28 heavy (non-hydrogen) atoms. The normalized spacial score (nSPS) is 11.9. The van der Waals surface area contributed by atoms with Crippen LogP contribution in [0.4, 0.5) is 13.2 Å². The summed E-state index contributed by atoms with van der Waals surface area (Å²) in [6, 6.07) is 4.12. The maximum Gasteiger partial charge on any atom is 0.269 e. The summed E-state index contributed by atoms with van der Waals surface area (Å²) >= 11 is 6.08. The standard InChI is InChI=1S/C19H18ClF3N2O2Si/c1-5-25-18(17-13(22)6-10(21)7-14(17)23)11(8-12(20)19(25)26)15-9-16(27-24-15)28(2,3)4/h6-9H,5H2,1-4H3. The van der Waals surface area contributed by atoms with Gasteiger partial charge >= 0.3 is 0 Å². The van der Waals surface area contributed by atoms with Crippen LogP contribution in [-0.4, -0.2) is 17.8 Å². The molecule has 4 nitrogen and oxygen atoms in total. The van der Waals surface area contributed by atoms with Crippen LogP contribution in [0, 0.1) is 17.5 Å². The van der Waals surface area contributed by atoms with Gasteiger partial charge in [0.2, 0.25) is 0 Å². The van der Waals surface area contributed by atoms with Gasteiger partial charge in [0.1, 0.15) is 41.6 Å². The summed E-state index contributed by atoms with van der Waals surface area (Å²) in [6.07, 6.45) is 0. The van der Waals surface area contributed by atoms with Crippen LogP contribution < -0.4 is 10.9 Å². The van der Waals surface area contributed by atoms with Gasteiger partial charge < -0.3 is 9.09 Å². The summed E-state index contributed by atoms with van der Waals surface area (Å²) in [6.45, 7) is 7.89. The molecule has 0 atom stereocenters. The quantitative estimate of drug-likeness (QED) is 0.563. The topological polar surface area (TPSA) is 48.0 Å². The van der Waals surface area contributed by atoms with E-state index < -0.39 is 36.6 Å². The highest BCUT2D eigenvalue weighted by atomic mass is 35.5. The molecule has 1 aromatic carbocycles. The lowest BCUT2D eigenvalue weighted by molar-refractivity contribution is 0.446. The highest BCUT2D eigenvalue weighted by Crippen LogP contribution is 2.35. The maximum atomic E-state index is 14.6. The Morgan fingerprint density at radius 1 is 1.11 bits per heavy atom. The summed E-state index contributed by atoms with van der Waals surface area (Å²) in [5.41, 5.74) is -0.685. The molecular formula is C19H18ClF3N2O2Si. The lowest BCUT2D eigenvalue weighted by Gasteiger charge is -2.17. The summed E-state index contributed by atoms with van der Waals surface area (Å²) in [5.74, 6) is -3.31.